The third kappa shape index (κ3) is 4.21. The van der Waals surface area contributed by atoms with Gasteiger partial charge in [0.25, 0.3) is 0 Å². The average Bonchev–Trinajstić information content (AvgIpc) is 2.52. The summed E-state index contributed by atoms with van der Waals surface area (Å²) < 4.78 is 5.18. The summed E-state index contributed by atoms with van der Waals surface area (Å²) in [6.45, 7) is 4.06. The first-order chi connectivity index (χ1) is 10.1. The van der Waals surface area contributed by atoms with Crippen LogP contribution >= 0.6 is 0 Å². The number of nitrogens with zero attached hydrogens (tertiary/aromatic N) is 1. The minimum absolute atomic E-state index is 0.0793. The molecule has 0 aliphatic carbocycles. The highest BCUT2D eigenvalue weighted by Gasteiger charge is 2.25. The Morgan fingerprint density at radius 2 is 2.14 bits per heavy atom. The molecular formula is C17H26N2O2. The van der Waals surface area contributed by atoms with E-state index in [1.807, 2.05) is 24.3 Å². The number of benzene rings is 1. The van der Waals surface area contributed by atoms with E-state index in [2.05, 4.69) is 24.2 Å². The first kappa shape index (κ1) is 15.8. The number of rotatable bonds is 5. The number of ether oxygens (including phenoxy) is 1. The lowest BCUT2D eigenvalue weighted by Crippen LogP contribution is -2.42. The molecule has 1 aliphatic rings. The highest BCUT2D eigenvalue weighted by Crippen LogP contribution is 2.22. The van der Waals surface area contributed by atoms with Crippen molar-refractivity contribution < 1.29 is 9.53 Å². The molecule has 0 bridgehead atoms. The first-order valence-corrected chi connectivity index (χ1v) is 7.77. The van der Waals surface area contributed by atoms with Crippen LogP contribution in [0.3, 0.4) is 0 Å². The van der Waals surface area contributed by atoms with Gasteiger partial charge in [0, 0.05) is 6.54 Å². The number of likely N-dealkylation sites (tertiary alicyclic amines) is 1. The van der Waals surface area contributed by atoms with Crippen LogP contribution in [0.15, 0.2) is 24.3 Å². The lowest BCUT2D eigenvalue weighted by atomic mass is 9.96. The number of hydrogen-bond acceptors (Lipinski definition) is 3. The Bertz CT molecular complexity index is 458. The molecule has 2 atom stereocenters. The molecule has 0 spiro atoms. The summed E-state index contributed by atoms with van der Waals surface area (Å²) in [5.41, 5.74) is 1.14. The Labute approximate surface area is 127 Å². The number of carbonyl (C=O) groups excluding carboxylic acids is 1. The van der Waals surface area contributed by atoms with Crippen molar-refractivity contribution in [3.8, 4) is 5.75 Å². The zero-order chi connectivity index (χ0) is 15.2. The predicted molar refractivity (Wildman–Crippen MR) is 84.4 cm³/mol. The van der Waals surface area contributed by atoms with E-state index in [0.29, 0.717) is 0 Å². The van der Waals surface area contributed by atoms with E-state index in [9.17, 15) is 4.79 Å². The van der Waals surface area contributed by atoms with Crippen LogP contribution in [0.2, 0.25) is 0 Å². The average molecular weight is 290 g/mol. The smallest absolute Gasteiger partial charge is 0.224 e. The molecule has 1 aromatic rings. The van der Waals surface area contributed by atoms with Crippen molar-refractivity contribution in [2.24, 2.45) is 5.92 Å². The second kappa shape index (κ2) is 7.46. The summed E-state index contributed by atoms with van der Waals surface area (Å²) in [6.07, 6.45) is 2.99. The molecule has 1 amide bonds. The third-order valence-corrected chi connectivity index (χ3v) is 4.24. The Morgan fingerprint density at radius 3 is 2.71 bits per heavy atom. The van der Waals surface area contributed by atoms with Crippen molar-refractivity contribution in [1.29, 1.82) is 0 Å². The molecule has 2 rings (SSSR count). The molecule has 0 aromatic heterocycles. The number of nitrogens with one attached hydrogen (secondary N) is 1. The quantitative estimate of drug-likeness (QED) is 0.906. The minimum atomic E-state index is 0.0793. The molecule has 0 unspecified atom stereocenters. The molecular weight excluding hydrogens is 264 g/mol. The lowest BCUT2D eigenvalue weighted by molar-refractivity contribution is -0.127. The number of methoxy groups -OCH3 is 1. The summed E-state index contributed by atoms with van der Waals surface area (Å²) in [7, 11) is 3.74. The van der Waals surface area contributed by atoms with Gasteiger partial charge in [-0.3, -0.25) is 4.79 Å². The molecule has 1 aliphatic heterocycles. The molecule has 1 fully saturated rings. The molecule has 4 heteroatoms. The maximum absolute atomic E-state index is 12.4. The fraction of sp³-hybridized carbons (Fsp3) is 0.588. The largest absolute Gasteiger partial charge is 0.497 e. The summed E-state index contributed by atoms with van der Waals surface area (Å²) in [5, 5.41) is 3.20. The van der Waals surface area contributed by atoms with E-state index in [4.69, 9.17) is 4.74 Å². The van der Waals surface area contributed by atoms with Gasteiger partial charge in [0.05, 0.1) is 19.1 Å². The van der Waals surface area contributed by atoms with Crippen LogP contribution in [0.1, 0.15) is 37.8 Å². The molecule has 0 radical (unpaired) electrons. The van der Waals surface area contributed by atoms with Crippen LogP contribution in [-0.4, -0.2) is 38.1 Å². The van der Waals surface area contributed by atoms with Gasteiger partial charge in [0.1, 0.15) is 5.75 Å². The lowest BCUT2D eigenvalue weighted by Gasteiger charge is -2.30. The van der Waals surface area contributed by atoms with Gasteiger partial charge in [-0.1, -0.05) is 19.1 Å². The molecule has 116 valence electrons. The summed E-state index contributed by atoms with van der Waals surface area (Å²) in [6, 6.07) is 8.02. The van der Waals surface area contributed by atoms with E-state index in [-0.39, 0.29) is 17.9 Å². The van der Waals surface area contributed by atoms with Crippen molar-refractivity contribution in [3.05, 3.63) is 29.8 Å². The number of amides is 1. The van der Waals surface area contributed by atoms with Crippen molar-refractivity contribution in [2.45, 2.75) is 32.2 Å². The molecule has 1 saturated heterocycles. The van der Waals surface area contributed by atoms with Gasteiger partial charge in [-0.15, -0.1) is 0 Å². The molecule has 1 N–H and O–H groups in total. The Morgan fingerprint density at radius 1 is 1.43 bits per heavy atom. The molecule has 4 nitrogen and oxygen atoms in total. The second-order valence-corrected chi connectivity index (χ2v) is 5.84. The van der Waals surface area contributed by atoms with Crippen molar-refractivity contribution in [2.75, 3.05) is 27.2 Å². The maximum atomic E-state index is 12.4. The maximum Gasteiger partial charge on any atom is 0.224 e. The first-order valence-electron chi connectivity index (χ1n) is 7.77. The fourth-order valence-corrected chi connectivity index (χ4v) is 2.93. The van der Waals surface area contributed by atoms with E-state index >= 15 is 0 Å². The summed E-state index contributed by atoms with van der Waals surface area (Å²) >= 11 is 0. The van der Waals surface area contributed by atoms with Crippen LogP contribution in [0.4, 0.5) is 0 Å². The van der Waals surface area contributed by atoms with E-state index in [0.717, 1.165) is 43.7 Å². The molecule has 1 heterocycles. The number of piperidine rings is 1. The Kier molecular flexibility index (Phi) is 5.62. The van der Waals surface area contributed by atoms with Crippen molar-refractivity contribution in [3.63, 3.8) is 0 Å². The summed E-state index contributed by atoms with van der Waals surface area (Å²) in [4.78, 5) is 14.7. The van der Waals surface area contributed by atoms with Crippen LogP contribution in [0.25, 0.3) is 0 Å². The van der Waals surface area contributed by atoms with Gasteiger partial charge in [-0.2, -0.15) is 0 Å². The number of carbonyl (C=O) groups is 1. The minimum Gasteiger partial charge on any atom is -0.497 e. The normalized spacial score (nSPS) is 20.8. The highest BCUT2D eigenvalue weighted by molar-refractivity contribution is 5.79. The molecule has 21 heavy (non-hydrogen) atoms. The predicted octanol–water partition coefficient (Wildman–Crippen LogP) is 2.60. The zero-order valence-electron chi connectivity index (χ0n) is 13.3. The monoisotopic (exact) mass is 290 g/mol. The standard InChI is InChI=1S/C17H26N2O2/c1-4-16(13-7-9-15(21-3)10-8-13)18-17(20)14-6-5-11-19(2)12-14/h7-10,14,16H,4-6,11-12H2,1-3H3,(H,18,20)/t14-,16-/m0/s1. The molecule has 0 saturated carbocycles. The third-order valence-electron chi connectivity index (χ3n) is 4.24. The van der Waals surface area contributed by atoms with Crippen LogP contribution in [-0.2, 0) is 4.79 Å². The van der Waals surface area contributed by atoms with E-state index < -0.39 is 0 Å². The fourth-order valence-electron chi connectivity index (χ4n) is 2.93. The summed E-state index contributed by atoms with van der Waals surface area (Å²) in [5.74, 6) is 1.15. The van der Waals surface area contributed by atoms with Crippen molar-refractivity contribution >= 4 is 5.91 Å². The van der Waals surface area contributed by atoms with Gasteiger partial charge < -0.3 is 15.0 Å². The van der Waals surface area contributed by atoms with Crippen molar-refractivity contribution in [1.82, 2.24) is 10.2 Å². The zero-order valence-corrected chi connectivity index (χ0v) is 13.3. The van der Waals surface area contributed by atoms with Gasteiger partial charge in [-0.25, -0.2) is 0 Å². The van der Waals surface area contributed by atoms with Gasteiger partial charge >= 0.3 is 0 Å². The van der Waals surface area contributed by atoms with Gasteiger partial charge in [-0.05, 0) is 50.6 Å². The van der Waals surface area contributed by atoms with E-state index in [1.54, 1.807) is 7.11 Å². The topological polar surface area (TPSA) is 41.6 Å². The van der Waals surface area contributed by atoms with E-state index in [1.165, 1.54) is 0 Å². The Balaban J connectivity index is 1.98. The van der Waals surface area contributed by atoms with Gasteiger partial charge in [0.2, 0.25) is 5.91 Å². The number of hydrogen-bond donors (Lipinski definition) is 1. The van der Waals surface area contributed by atoms with Gasteiger partial charge in [0.15, 0.2) is 0 Å². The van der Waals surface area contributed by atoms with Crippen LogP contribution < -0.4 is 10.1 Å². The molecule has 1 aromatic carbocycles. The highest BCUT2D eigenvalue weighted by atomic mass is 16.5. The van der Waals surface area contributed by atoms with Crippen LogP contribution in [0.5, 0.6) is 5.75 Å². The van der Waals surface area contributed by atoms with Crippen LogP contribution in [0, 0.1) is 5.92 Å². The SMILES string of the molecule is CC[C@H](NC(=O)[C@H]1CCCN(C)C1)c1ccc(OC)cc1. The Hall–Kier alpha value is -1.55. The second-order valence-electron chi connectivity index (χ2n) is 5.84.